The highest BCUT2D eigenvalue weighted by atomic mass is 32.1. The van der Waals surface area contributed by atoms with Gasteiger partial charge in [-0.15, -0.1) is 11.3 Å². The van der Waals surface area contributed by atoms with Crippen LogP contribution < -0.4 is 4.74 Å². The number of carbonyl (C=O) groups is 1. The summed E-state index contributed by atoms with van der Waals surface area (Å²) in [5.41, 5.74) is 0.904. The maximum absolute atomic E-state index is 13.5. The smallest absolute Gasteiger partial charge is 0.460 e. The molecule has 0 aliphatic carbocycles. The van der Waals surface area contributed by atoms with Crippen LogP contribution >= 0.6 is 11.3 Å². The van der Waals surface area contributed by atoms with E-state index in [1.807, 2.05) is 0 Å². The standard InChI is InChI=1S/C18H16F5NO4S/c1-10-14(24-16(29-10)17(19,20)18(21,22)23)28-8-11-6-4-5-7-12(11)13(9-26-2)15(25)27-3/h4-7,9H,8H2,1-3H3. The van der Waals surface area contributed by atoms with Gasteiger partial charge in [0.2, 0.25) is 5.88 Å². The number of esters is 1. The van der Waals surface area contributed by atoms with E-state index in [0.29, 0.717) is 11.1 Å². The third kappa shape index (κ3) is 4.84. The molecule has 5 nitrogen and oxygen atoms in total. The van der Waals surface area contributed by atoms with E-state index in [0.717, 1.165) is 0 Å². The Morgan fingerprint density at radius 3 is 2.41 bits per heavy atom. The van der Waals surface area contributed by atoms with E-state index in [2.05, 4.69) is 4.98 Å². The van der Waals surface area contributed by atoms with Crippen LogP contribution in [0, 0.1) is 6.92 Å². The van der Waals surface area contributed by atoms with Crippen molar-refractivity contribution in [3.63, 3.8) is 0 Å². The lowest BCUT2D eigenvalue weighted by Gasteiger charge is -2.16. The number of hydrogen-bond donors (Lipinski definition) is 0. The van der Waals surface area contributed by atoms with Crippen molar-refractivity contribution in [1.82, 2.24) is 4.98 Å². The molecule has 0 fully saturated rings. The van der Waals surface area contributed by atoms with Gasteiger partial charge in [0, 0.05) is 0 Å². The van der Waals surface area contributed by atoms with Crippen LogP contribution in [0.4, 0.5) is 22.0 Å². The van der Waals surface area contributed by atoms with Crippen molar-refractivity contribution in [1.29, 1.82) is 0 Å². The molecule has 0 amide bonds. The molecule has 0 aliphatic heterocycles. The molecule has 1 aromatic heterocycles. The number of rotatable bonds is 7. The summed E-state index contributed by atoms with van der Waals surface area (Å²) in [5.74, 6) is -6.11. The Bertz CT molecular complexity index is 908. The van der Waals surface area contributed by atoms with Gasteiger partial charge in [0.25, 0.3) is 0 Å². The number of aryl methyl sites for hydroxylation is 1. The number of thiazole rings is 1. The topological polar surface area (TPSA) is 57.7 Å². The van der Waals surface area contributed by atoms with Crippen molar-refractivity contribution in [2.75, 3.05) is 14.2 Å². The maximum atomic E-state index is 13.5. The van der Waals surface area contributed by atoms with Crippen molar-refractivity contribution in [2.45, 2.75) is 25.6 Å². The Morgan fingerprint density at radius 2 is 1.83 bits per heavy atom. The van der Waals surface area contributed by atoms with E-state index in [9.17, 15) is 26.7 Å². The molecule has 0 saturated carbocycles. The highest BCUT2D eigenvalue weighted by molar-refractivity contribution is 7.12. The molecule has 1 aromatic carbocycles. The first-order chi connectivity index (χ1) is 13.5. The molecular weight excluding hydrogens is 421 g/mol. The Morgan fingerprint density at radius 1 is 1.17 bits per heavy atom. The molecule has 0 spiro atoms. The van der Waals surface area contributed by atoms with E-state index in [1.165, 1.54) is 27.4 Å². The van der Waals surface area contributed by atoms with Crippen LogP contribution in [0.1, 0.15) is 21.0 Å². The highest BCUT2D eigenvalue weighted by Gasteiger charge is 2.61. The Hall–Kier alpha value is -2.69. The molecule has 2 rings (SSSR count). The van der Waals surface area contributed by atoms with Crippen LogP contribution in [0.15, 0.2) is 30.5 Å². The fourth-order valence-electron chi connectivity index (χ4n) is 2.28. The summed E-state index contributed by atoms with van der Waals surface area (Å²) < 4.78 is 79.6. The van der Waals surface area contributed by atoms with Crippen molar-refractivity contribution < 1.29 is 41.0 Å². The number of halogens is 5. The van der Waals surface area contributed by atoms with Crippen molar-refractivity contribution in [2.24, 2.45) is 0 Å². The van der Waals surface area contributed by atoms with E-state index in [-0.39, 0.29) is 34.3 Å². The summed E-state index contributed by atoms with van der Waals surface area (Å²) in [6.45, 7) is 1.08. The zero-order valence-corrected chi connectivity index (χ0v) is 16.3. The second-order valence-corrected chi connectivity index (χ2v) is 6.86. The maximum Gasteiger partial charge on any atom is 0.460 e. The molecule has 0 atom stereocenters. The number of benzene rings is 1. The van der Waals surface area contributed by atoms with Crippen molar-refractivity contribution >= 4 is 22.9 Å². The molecule has 2 aromatic rings. The molecule has 0 aliphatic rings. The van der Waals surface area contributed by atoms with Crippen molar-refractivity contribution in [3.8, 4) is 5.88 Å². The molecule has 0 N–H and O–H groups in total. The third-order valence-corrected chi connectivity index (χ3v) is 4.71. The van der Waals surface area contributed by atoms with E-state index >= 15 is 0 Å². The molecule has 11 heteroatoms. The number of aromatic nitrogens is 1. The number of hydrogen-bond acceptors (Lipinski definition) is 6. The third-order valence-electron chi connectivity index (χ3n) is 3.69. The fourth-order valence-corrected chi connectivity index (χ4v) is 3.13. The van der Waals surface area contributed by atoms with Crippen LogP contribution in [0.25, 0.3) is 5.57 Å². The first-order valence-electron chi connectivity index (χ1n) is 7.97. The number of methoxy groups -OCH3 is 2. The van der Waals surface area contributed by atoms with E-state index in [4.69, 9.17) is 14.2 Å². The largest absolute Gasteiger partial charge is 0.503 e. The normalized spacial score (nSPS) is 12.6. The van der Waals surface area contributed by atoms with Crippen LogP contribution in [-0.4, -0.2) is 31.3 Å². The van der Waals surface area contributed by atoms with Gasteiger partial charge in [-0.05, 0) is 18.1 Å². The average molecular weight is 437 g/mol. The number of ether oxygens (including phenoxy) is 3. The zero-order valence-electron chi connectivity index (χ0n) is 15.5. The van der Waals surface area contributed by atoms with Crippen LogP contribution in [0.2, 0.25) is 0 Å². The van der Waals surface area contributed by atoms with Crippen LogP contribution in [0.3, 0.4) is 0 Å². The summed E-state index contributed by atoms with van der Waals surface area (Å²) in [5, 5.41) is -1.40. The van der Waals surface area contributed by atoms with E-state index in [1.54, 1.807) is 24.3 Å². The molecule has 29 heavy (non-hydrogen) atoms. The SMILES string of the molecule is COC=C(C(=O)OC)c1ccccc1COc1nc(C(F)(F)C(F)(F)F)sc1C. The molecule has 1 heterocycles. The minimum Gasteiger partial charge on any atom is -0.503 e. The van der Waals surface area contributed by atoms with Crippen LogP contribution in [0.5, 0.6) is 5.88 Å². The van der Waals surface area contributed by atoms with Gasteiger partial charge in [-0.2, -0.15) is 26.9 Å². The Kier molecular flexibility index (Phi) is 6.83. The summed E-state index contributed by atoms with van der Waals surface area (Å²) in [6.07, 6.45) is -4.59. The minimum atomic E-state index is -5.76. The predicted octanol–water partition coefficient (Wildman–Crippen LogP) is 4.84. The number of alkyl halides is 5. The molecule has 0 bridgehead atoms. The van der Waals surface area contributed by atoms with Gasteiger partial charge in [0.05, 0.1) is 25.4 Å². The van der Waals surface area contributed by atoms with Gasteiger partial charge < -0.3 is 14.2 Å². The lowest BCUT2D eigenvalue weighted by Crippen LogP contribution is -2.33. The van der Waals surface area contributed by atoms with Gasteiger partial charge >= 0.3 is 18.1 Å². The minimum absolute atomic E-state index is 0.0574. The highest BCUT2D eigenvalue weighted by Crippen LogP contribution is 2.46. The van der Waals surface area contributed by atoms with Crippen LogP contribution in [-0.2, 0) is 26.8 Å². The second kappa shape index (κ2) is 8.76. The van der Waals surface area contributed by atoms with E-state index < -0.39 is 23.1 Å². The Labute approximate surface area is 166 Å². The summed E-state index contributed by atoms with van der Waals surface area (Å²) in [4.78, 5) is 15.4. The van der Waals surface area contributed by atoms with Gasteiger partial charge in [0.1, 0.15) is 12.2 Å². The molecule has 0 radical (unpaired) electrons. The molecule has 158 valence electrons. The quantitative estimate of drug-likeness (QED) is 0.268. The predicted molar refractivity (Wildman–Crippen MR) is 94.6 cm³/mol. The Balaban J connectivity index is 2.31. The van der Waals surface area contributed by atoms with Gasteiger partial charge in [-0.3, -0.25) is 0 Å². The lowest BCUT2D eigenvalue weighted by molar-refractivity contribution is -0.289. The second-order valence-electron chi connectivity index (χ2n) is 5.66. The summed E-state index contributed by atoms with van der Waals surface area (Å²) in [6, 6.07) is 6.45. The fraction of sp³-hybridized carbons (Fsp3) is 0.333. The number of carbonyl (C=O) groups excluding carboxylic acids is 1. The molecule has 0 unspecified atom stereocenters. The van der Waals surface area contributed by atoms with Crippen molar-refractivity contribution in [3.05, 3.63) is 51.5 Å². The molecule has 0 saturated heterocycles. The van der Waals surface area contributed by atoms with Gasteiger partial charge in [0.15, 0.2) is 5.01 Å². The van der Waals surface area contributed by atoms with Gasteiger partial charge in [-0.1, -0.05) is 24.3 Å². The zero-order chi connectivity index (χ0) is 21.8. The molecular formula is C18H16F5NO4S. The first-order valence-corrected chi connectivity index (χ1v) is 8.79. The average Bonchev–Trinajstić information content (AvgIpc) is 3.04. The van der Waals surface area contributed by atoms with Gasteiger partial charge in [-0.25, -0.2) is 4.79 Å². The first kappa shape index (κ1) is 22.6. The lowest BCUT2D eigenvalue weighted by atomic mass is 10.0. The summed E-state index contributed by atoms with van der Waals surface area (Å²) in [7, 11) is 2.52. The summed E-state index contributed by atoms with van der Waals surface area (Å²) >= 11 is 0.199. The monoisotopic (exact) mass is 437 g/mol. The number of nitrogens with zero attached hydrogens (tertiary/aromatic N) is 1.